The van der Waals surface area contributed by atoms with Crippen molar-refractivity contribution in [1.29, 1.82) is 0 Å². The summed E-state index contributed by atoms with van der Waals surface area (Å²) >= 11 is 4.52. The molecule has 3 amide bonds. The average Bonchev–Trinajstić information content (AvgIpc) is 2.96. The van der Waals surface area contributed by atoms with E-state index in [4.69, 9.17) is 0 Å². The highest BCUT2D eigenvalue weighted by Crippen LogP contribution is 2.20. The van der Waals surface area contributed by atoms with Gasteiger partial charge in [0.15, 0.2) is 0 Å². The van der Waals surface area contributed by atoms with Gasteiger partial charge in [-0.3, -0.25) is 19.3 Å². The lowest BCUT2D eigenvalue weighted by Gasteiger charge is -2.35. The van der Waals surface area contributed by atoms with E-state index < -0.39 is 6.10 Å². The third kappa shape index (κ3) is 14.5. The minimum Gasteiger partial charge on any atom is -0.393 e. The van der Waals surface area contributed by atoms with Crippen LogP contribution in [-0.4, -0.2) is 89.0 Å². The predicted molar refractivity (Wildman–Crippen MR) is 169 cm³/mol. The average molecular weight is 603 g/mol. The molecule has 0 saturated carbocycles. The second-order valence-corrected chi connectivity index (χ2v) is 13.4. The van der Waals surface area contributed by atoms with E-state index in [1.165, 1.54) is 11.6 Å². The van der Waals surface area contributed by atoms with Crippen molar-refractivity contribution in [3.63, 3.8) is 0 Å². The van der Waals surface area contributed by atoms with Gasteiger partial charge in [-0.2, -0.15) is 12.6 Å². The molecule has 0 bridgehead atoms. The van der Waals surface area contributed by atoms with Crippen molar-refractivity contribution in [3.8, 4) is 0 Å². The van der Waals surface area contributed by atoms with Crippen LogP contribution in [0.25, 0.3) is 0 Å². The molecule has 0 aromatic heterocycles. The van der Waals surface area contributed by atoms with Crippen LogP contribution in [0.2, 0.25) is 0 Å². The van der Waals surface area contributed by atoms with E-state index in [0.29, 0.717) is 19.3 Å². The fourth-order valence-corrected chi connectivity index (χ4v) is 4.67. The molecular formula is C32H50N4O5S. The lowest BCUT2D eigenvalue weighted by molar-refractivity contribution is -0.133. The lowest BCUT2D eigenvalue weighted by Crippen LogP contribution is -2.48. The summed E-state index contributed by atoms with van der Waals surface area (Å²) in [7, 11) is 0. The van der Waals surface area contributed by atoms with Crippen molar-refractivity contribution >= 4 is 36.6 Å². The molecule has 1 aliphatic heterocycles. The molecule has 3 N–H and O–H groups in total. The minimum atomic E-state index is -0.491. The predicted octanol–water partition coefficient (Wildman–Crippen LogP) is 2.76. The maximum absolute atomic E-state index is 12.5. The van der Waals surface area contributed by atoms with Gasteiger partial charge in [0, 0.05) is 56.4 Å². The Labute approximate surface area is 256 Å². The molecule has 1 aromatic rings. The van der Waals surface area contributed by atoms with Gasteiger partial charge in [0.25, 0.3) is 0 Å². The molecule has 0 aliphatic carbocycles. The number of amides is 3. The number of nitrogens with one attached hydrogen (secondary N) is 2. The van der Waals surface area contributed by atoms with Crippen LogP contribution in [-0.2, 0) is 32.1 Å². The van der Waals surface area contributed by atoms with Crippen LogP contribution in [0, 0.1) is 11.8 Å². The number of hydrogen-bond donors (Lipinski definition) is 4. The van der Waals surface area contributed by atoms with Gasteiger partial charge in [-0.25, -0.2) is 0 Å². The molecule has 0 spiro atoms. The zero-order valence-corrected chi connectivity index (χ0v) is 26.6. The van der Waals surface area contributed by atoms with Gasteiger partial charge in [0.2, 0.25) is 17.7 Å². The lowest BCUT2D eigenvalue weighted by atomic mass is 9.93. The van der Waals surface area contributed by atoms with Gasteiger partial charge >= 0.3 is 0 Å². The molecule has 0 unspecified atom stereocenters. The minimum absolute atomic E-state index is 0.0563. The SMILES string of the molecule is C[C@@H](C=O)CNC(=O)CNC(=O)/C=C/CC[C@H](C)[C@@H](O)Cc1ccc(CN2CCN(C(=O)CCC(C)(C)S)CC2)cc1. The van der Waals surface area contributed by atoms with E-state index in [9.17, 15) is 24.3 Å². The molecule has 1 saturated heterocycles. The Bertz CT molecular complexity index is 1030. The van der Waals surface area contributed by atoms with Crippen molar-refractivity contribution in [2.45, 2.75) is 77.2 Å². The van der Waals surface area contributed by atoms with Crippen LogP contribution in [0.3, 0.4) is 0 Å². The highest BCUT2D eigenvalue weighted by atomic mass is 32.1. The molecule has 234 valence electrons. The van der Waals surface area contributed by atoms with Gasteiger partial charge < -0.3 is 25.4 Å². The Morgan fingerprint density at radius 3 is 2.31 bits per heavy atom. The third-order valence-electron chi connectivity index (χ3n) is 7.54. The zero-order chi connectivity index (χ0) is 31.1. The first-order valence-corrected chi connectivity index (χ1v) is 15.5. The first kappa shape index (κ1) is 35.5. The molecule has 3 atom stereocenters. The van der Waals surface area contributed by atoms with E-state index in [1.54, 1.807) is 13.0 Å². The topological polar surface area (TPSA) is 119 Å². The number of allylic oxidation sites excluding steroid dienone is 1. The largest absolute Gasteiger partial charge is 0.393 e. The molecule has 10 heteroatoms. The van der Waals surface area contributed by atoms with Crippen LogP contribution in [0.15, 0.2) is 36.4 Å². The molecule has 2 rings (SSSR count). The molecule has 0 radical (unpaired) electrons. The summed E-state index contributed by atoms with van der Waals surface area (Å²) in [5, 5.41) is 15.8. The smallest absolute Gasteiger partial charge is 0.244 e. The number of aliphatic hydroxyl groups is 1. The number of piperazine rings is 1. The molecule has 42 heavy (non-hydrogen) atoms. The van der Waals surface area contributed by atoms with Crippen LogP contribution in [0.4, 0.5) is 0 Å². The van der Waals surface area contributed by atoms with Gasteiger partial charge in [0.1, 0.15) is 6.29 Å². The summed E-state index contributed by atoms with van der Waals surface area (Å²) in [6.07, 6.45) is 6.68. The summed E-state index contributed by atoms with van der Waals surface area (Å²) in [5.74, 6) is -0.688. The molecule has 1 fully saturated rings. The first-order chi connectivity index (χ1) is 19.9. The molecule has 1 aromatic carbocycles. The van der Waals surface area contributed by atoms with Crippen LogP contribution in [0.5, 0.6) is 0 Å². The normalized spacial score (nSPS) is 16.6. The van der Waals surface area contributed by atoms with Crippen molar-refractivity contribution < 1.29 is 24.3 Å². The fraction of sp³-hybridized carbons (Fsp3) is 0.625. The molecule has 1 heterocycles. The van der Waals surface area contributed by atoms with Gasteiger partial charge in [-0.1, -0.05) is 58.0 Å². The number of rotatable bonds is 17. The summed E-state index contributed by atoms with van der Waals surface area (Å²) in [6, 6.07) is 8.38. The van der Waals surface area contributed by atoms with Crippen molar-refractivity contribution in [2.24, 2.45) is 11.8 Å². The standard InChI is InChI=1S/C32H50N4O5S/c1-24(23-37)20-33-30(40)21-34-29(39)8-6-5-7-25(2)28(38)19-26-9-11-27(12-10-26)22-35-15-17-36(18-16-35)31(41)13-14-32(3,4)42/h6,8-12,23-25,28,38,42H,5,7,13-22H2,1-4H3,(H,33,40)(H,34,39)/b8-6+/t24-,25+,28+/m1/s1. The molecule has 1 aliphatic rings. The Balaban J connectivity index is 1.65. The second kappa shape index (κ2) is 18.1. The van der Waals surface area contributed by atoms with E-state index in [2.05, 4.69) is 52.4 Å². The number of carbonyl (C=O) groups excluding carboxylic acids is 4. The number of thiol groups is 1. The number of aliphatic hydroxyl groups excluding tert-OH is 1. The number of carbonyl (C=O) groups is 4. The van der Waals surface area contributed by atoms with Gasteiger partial charge in [0.05, 0.1) is 12.6 Å². The monoisotopic (exact) mass is 602 g/mol. The molecular weight excluding hydrogens is 552 g/mol. The Morgan fingerprint density at radius 2 is 1.69 bits per heavy atom. The van der Waals surface area contributed by atoms with Crippen molar-refractivity contribution in [2.75, 3.05) is 39.3 Å². The number of aldehydes is 1. The summed E-state index contributed by atoms with van der Waals surface area (Å²) in [6.45, 7) is 12.0. The quantitative estimate of drug-likeness (QED) is 0.124. The summed E-state index contributed by atoms with van der Waals surface area (Å²) < 4.78 is -0.128. The summed E-state index contributed by atoms with van der Waals surface area (Å²) in [5.41, 5.74) is 2.30. The van der Waals surface area contributed by atoms with Gasteiger partial charge in [-0.15, -0.1) is 0 Å². The van der Waals surface area contributed by atoms with Crippen LogP contribution < -0.4 is 10.6 Å². The maximum Gasteiger partial charge on any atom is 0.244 e. The zero-order valence-electron chi connectivity index (χ0n) is 25.7. The van der Waals surface area contributed by atoms with Crippen molar-refractivity contribution in [1.82, 2.24) is 20.4 Å². The highest BCUT2D eigenvalue weighted by Gasteiger charge is 2.23. The van der Waals surface area contributed by atoms with Crippen LogP contribution >= 0.6 is 12.6 Å². The van der Waals surface area contributed by atoms with E-state index in [1.807, 2.05) is 25.7 Å². The van der Waals surface area contributed by atoms with E-state index in [-0.39, 0.29) is 47.4 Å². The number of nitrogens with zero attached hydrogens (tertiary/aromatic N) is 2. The Morgan fingerprint density at radius 1 is 1.05 bits per heavy atom. The Hall–Kier alpha value is -2.69. The van der Waals surface area contributed by atoms with E-state index in [0.717, 1.165) is 57.4 Å². The van der Waals surface area contributed by atoms with Gasteiger partial charge in [-0.05, 0) is 48.8 Å². The maximum atomic E-state index is 12.5. The van der Waals surface area contributed by atoms with E-state index >= 15 is 0 Å². The number of benzene rings is 1. The second-order valence-electron chi connectivity index (χ2n) is 12.1. The Kier molecular flexibility index (Phi) is 15.3. The third-order valence-corrected chi connectivity index (χ3v) is 7.76. The summed E-state index contributed by atoms with van der Waals surface area (Å²) in [4.78, 5) is 51.0. The molecule has 9 nitrogen and oxygen atoms in total. The van der Waals surface area contributed by atoms with Crippen molar-refractivity contribution in [3.05, 3.63) is 47.5 Å². The highest BCUT2D eigenvalue weighted by molar-refractivity contribution is 7.81. The first-order valence-electron chi connectivity index (χ1n) is 15.0. The fourth-order valence-electron chi connectivity index (χ4n) is 4.56. The number of hydrogen-bond acceptors (Lipinski definition) is 7. The van der Waals surface area contributed by atoms with Crippen LogP contribution in [0.1, 0.15) is 64.5 Å².